The number of rotatable bonds is 6. The molecule has 0 spiro atoms. The van der Waals surface area contributed by atoms with Crippen molar-refractivity contribution in [2.45, 2.75) is 64.2 Å². The Balaban J connectivity index is 2.17. The first-order valence-corrected chi connectivity index (χ1v) is 8.94. The van der Waals surface area contributed by atoms with Gasteiger partial charge in [-0.3, -0.25) is 4.90 Å². The fraction of sp³-hybridized carbons (Fsp3) is 0.550. The number of hydrogen-bond acceptors (Lipinski definition) is 5. The molecule has 6 nitrogen and oxygen atoms in total. The molecule has 26 heavy (non-hydrogen) atoms. The third-order valence-corrected chi connectivity index (χ3v) is 4.37. The van der Waals surface area contributed by atoms with Crippen molar-refractivity contribution in [1.29, 1.82) is 0 Å². The average molecular weight is 361 g/mol. The standard InChI is InChI=1S/C20H27NO5/c1-19(2,3)26-18(24)21-13-7-11-20(21,12-8-14-22)17(23)25-15-16-9-5-4-6-10-16/h4-6,9-10,14H,7-8,11-13,15H2,1-3H3/t20-/m1/s1. The highest BCUT2D eigenvalue weighted by Crippen LogP contribution is 2.36. The zero-order chi connectivity index (χ0) is 19.2. The number of benzene rings is 1. The lowest BCUT2D eigenvalue weighted by molar-refractivity contribution is -0.158. The van der Waals surface area contributed by atoms with Crippen molar-refractivity contribution >= 4 is 18.3 Å². The van der Waals surface area contributed by atoms with Crippen LogP contribution in [0.3, 0.4) is 0 Å². The van der Waals surface area contributed by atoms with Crippen molar-refractivity contribution in [3.05, 3.63) is 35.9 Å². The Morgan fingerprint density at radius 1 is 1.23 bits per heavy atom. The minimum atomic E-state index is -1.14. The van der Waals surface area contributed by atoms with Gasteiger partial charge in [-0.25, -0.2) is 9.59 Å². The Hall–Kier alpha value is -2.37. The van der Waals surface area contributed by atoms with E-state index in [4.69, 9.17) is 9.47 Å². The lowest BCUT2D eigenvalue weighted by Crippen LogP contribution is -2.55. The molecule has 1 atom stereocenters. The molecule has 0 aromatic heterocycles. The van der Waals surface area contributed by atoms with E-state index in [1.807, 2.05) is 30.3 Å². The van der Waals surface area contributed by atoms with Crippen LogP contribution in [0.25, 0.3) is 0 Å². The minimum absolute atomic E-state index is 0.130. The molecule has 0 unspecified atom stereocenters. The predicted molar refractivity (Wildman–Crippen MR) is 96.4 cm³/mol. The number of aldehydes is 1. The van der Waals surface area contributed by atoms with Crippen molar-refractivity contribution in [2.75, 3.05) is 6.54 Å². The second-order valence-electron chi connectivity index (χ2n) is 7.53. The molecule has 1 fully saturated rings. The van der Waals surface area contributed by atoms with Crippen molar-refractivity contribution in [3.8, 4) is 0 Å². The van der Waals surface area contributed by atoms with Crippen LogP contribution in [0.1, 0.15) is 52.0 Å². The molecule has 1 aliphatic heterocycles. The van der Waals surface area contributed by atoms with E-state index in [9.17, 15) is 14.4 Å². The van der Waals surface area contributed by atoms with E-state index >= 15 is 0 Å². The number of carbonyl (C=O) groups is 3. The zero-order valence-electron chi connectivity index (χ0n) is 15.7. The maximum absolute atomic E-state index is 12.9. The number of carbonyl (C=O) groups excluding carboxylic acids is 3. The summed E-state index contributed by atoms with van der Waals surface area (Å²) in [7, 11) is 0. The van der Waals surface area contributed by atoms with E-state index in [1.54, 1.807) is 20.8 Å². The summed E-state index contributed by atoms with van der Waals surface area (Å²) >= 11 is 0. The van der Waals surface area contributed by atoms with Crippen LogP contribution >= 0.6 is 0 Å². The Bertz CT molecular complexity index is 637. The third kappa shape index (κ3) is 4.84. The fourth-order valence-corrected chi connectivity index (χ4v) is 3.19. The van der Waals surface area contributed by atoms with Crippen LogP contribution in [0.2, 0.25) is 0 Å². The first-order chi connectivity index (χ1) is 12.3. The molecule has 1 aliphatic rings. The van der Waals surface area contributed by atoms with Gasteiger partial charge in [0.15, 0.2) is 0 Å². The summed E-state index contributed by atoms with van der Waals surface area (Å²) in [5.74, 6) is -0.480. The molecular weight excluding hydrogens is 334 g/mol. The second-order valence-corrected chi connectivity index (χ2v) is 7.53. The Morgan fingerprint density at radius 2 is 1.92 bits per heavy atom. The van der Waals surface area contributed by atoms with Gasteiger partial charge in [0.1, 0.15) is 24.0 Å². The minimum Gasteiger partial charge on any atom is -0.459 e. The molecule has 1 aromatic carbocycles. The van der Waals surface area contributed by atoms with Gasteiger partial charge in [-0.2, -0.15) is 0 Å². The predicted octanol–water partition coefficient (Wildman–Crippen LogP) is 3.48. The number of esters is 1. The van der Waals surface area contributed by atoms with Gasteiger partial charge >= 0.3 is 12.1 Å². The number of amides is 1. The van der Waals surface area contributed by atoms with Gasteiger partial charge < -0.3 is 14.3 Å². The van der Waals surface area contributed by atoms with Gasteiger partial charge in [-0.1, -0.05) is 30.3 Å². The zero-order valence-corrected chi connectivity index (χ0v) is 15.7. The Morgan fingerprint density at radius 3 is 2.54 bits per heavy atom. The maximum Gasteiger partial charge on any atom is 0.411 e. The number of ether oxygens (including phenoxy) is 2. The summed E-state index contributed by atoms with van der Waals surface area (Å²) < 4.78 is 11.0. The Kier molecular flexibility index (Phi) is 6.40. The van der Waals surface area contributed by atoms with Crippen molar-refractivity contribution in [3.63, 3.8) is 0 Å². The van der Waals surface area contributed by atoms with E-state index in [-0.39, 0.29) is 19.4 Å². The summed E-state index contributed by atoms with van der Waals surface area (Å²) in [6.07, 6.45) is 1.77. The number of likely N-dealkylation sites (tertiary alicyclic amines) is 1. The average Bonchev–Trinajstić information content (AvgIpc) is 3.02. The molecule has 0 bridgehead atoms. The van der Waals surface area contributed by atoms with E-state index in [1.165, 1.54) is 4.90 Å². The van der Waals surface area contributed by atoms with Gasteiger partial charge in [-0.05, 0) is 45.6 Å². The largest absolute Gasteiger partial charge is 0.459 e. The topological polar surface area (TPSA) is 72.9 Å². The normalized spacial score (nSPS) is 19.9. The maximum atomic E-state index is 12.9. The molecule has 0 radical (unpaired) electrons. The van der Waals surface area contributed by atoms with Gasteiger partial charge in [0.05, 0.1) is 0 Å². The smallest absolute Gasteiger partial charge is 0.411 e. The SMILES string of the molecule is CC(C)(C)OC(=O)N1CCC[C@@]1(CCC=O)C(=O)OCc1ccccc1. The summed E-state index contributed by atoms with van der Waals surface area (Å²) in [5, 5.41) is 0. The highest BCUT2D eigenvalue weighted by Gasteiger charge is 2.51. The summed E-state index contributed by atoms with van der Waals surface area (Å²) in [5.41, 5.74) is -0.935. The van der Waals surface area contributed by atoms with E-state index in [0.717, 1.165) is 11.8 Å². The molecule has 1 heterocycles. The van der Waals surface area contributed by atoms with Crippen LogP contribution < -0.4 is 0 Å². The molecule has 2 rings (SSSR count). The Labute approximate surface area is 154 Å². The van der Waals surface area contributed by atoms with Gasteiger partial charge in [0.2, 0.25) is 0 Å². The van der Waals surface area contributed by atoms with Crippen LogP contribution in [-0.4, -0.2) is 40.9 Å². The van der Waals surface area contributed by atoms with E-state index in [0.29, 0.717) is 19.4 Å². The quantitative estimate of drug-likeness (QED) is 0.573. The summed E-state index contributed by atoms with van der Waals surface area (Å²) in [6.45, 7) is 5.88. The molecule has 1 saturated heterocycles. The number of hydrogen-bond donors (Lipinski definition) is 0. The van der Waals surface area contributed by atoms with E-state index in [2.05, 4.69) is 0 Å². The molecule has 0 saturated carbocycles. The van der Waals surface area contributed by atoms with Gasteiger partial charge in [0, 0.05) is 13.0 Å². The van der Waals surface area contributed by atoms with Crippen molar-refractivity contribution in [2.24, 2.45) is 0 Å². The molecule has 0 aliphatic carbocycles. The molecule has 1 amide bonds. The lowest BCUT2D eigenvalue weighted by atomic mass is 9.90. The van der Waals surface area contributed by atoms with E-state index < -0.39 is 23.2 Å². The van der Waals surface area contributed by atoms with Gasteiger partial charge in [-0.15, -0.1) is 0 Å². The lowest BCUT2D eigenvalue weighted by Gasteiger charge is -2.36. The second kappa shape index (κ2) is 8.34. The molecule has 1 aromatic rings. The van der Waals surface area contributed by atoms with Crippen molar-refractivity contribution < 1.29 is 23.9 Å². The number of nitrogens with zero attached hydrogens (tertiary/aromatic N) is 1. The van der Waals surface area contributed by atoms with Gasteiger partial charge in [0.25, 0.3) is 0 Å². The summed E-state index contributed by atoms with van der Waals surface area (Å²) in [4.78, 5) is 37.9. The monoisotopic (exact) mass is 361 g/mol. The first kappa shape index (κ1) is 19.9. The molecule has 0 N–H and O–H groups in total. The molecular formula is C20H27NO5. The third-order valence-electron chi connectivity index (χ3n) is 4.37. The highest BCUT2D eigenvalue weighted by atomic mass is 16.6. The van der Waals surface area contributed by atoms with Crippen LogP contribution in [0.15, 0.2) is 30.3 Å². The van der Waals surface area contributed by atoms with Crippen LogP contribution in [0, 0.1) is 0 Å². The highest BCUT2D eigenvalue weighted by molar-refractivity contribution is 5.87. The van der Waals surface area contributed by atoms with Crippen LogP contribution in [0.5, 0.6) is 0 Å². The first-order valence-electron chi connectivity index (χ1n) is 8.94. The van der Waals surface area contributed by atoms with Crippen LogP contribution in [0.4, 0.5) is 4.79 Å². The molecule has 142 valence electrons. The summed E-state index contributed by atoms with van der Waals surface area (Å²) in [6, 6.07) is 9.36. The fourth-order valence-electron chi connectivity index (χ4n) is 3.19. The van der Waals surface area contributed by atoms with Crippen molar-refractivity contribution in [1.82, 2.24) is 4.90 Å². The molecule has 6 heteroatoms. The van der Waals surface area contributed by atoms with Crippen LogP contribution in [-0.2, 0) is 25.7 Å².